The summed E-state index contributed by atoms with van der Waals surface area (Å²) >= 11 is 4.94. The van der Waals surface area contributed by atoms with Crippen molar-refractivity contribution in [3.8, 4) is 11.3 Å². The van der Waals surface area contributed by atoms with Crippen molar-refractivity contribution in [1.82, 2.24) is 15.4 Å². The fraction of sp³-hybridized carbons (Fsp3) is 0. The fourth-order valence-electron chi connectivity index (χ4n) is 2.65. The van der Waals surface area contributed by atoms with Crippen molar-refractivity contribution in [3.63, 3.8) is 0 Å². The average Bonchev–Trinajstić information content (AvgIpc) is 3.12. The number of amides is 1. The molecular formula is C20H13BrN4OS. The number of aromatic nitrogens is 2. The highest BCUT2D eigenvalue weighted by atomic mass is 79.9. The number of thiophene rings is 1. The van der Waals surface area contributed by atoms with Crippen LogP contribution in [0, 0.1) is 0 Å². The van der Waals surface area contributed by atoms with Crippen LogP contribution < -0.4 is 5.43 Å². The predicted octanol–water partition coefficient (Wildman–Crippen LogP) is 4.88. The Kier molecular flexibility index (Phi) is 5.04. The van der Waals surface area contributed by atoms with Gasteiger partial charge in [-0.15, -0.1) is 11.3 Å². The molecule has 0 saturated heterocycles. The first-order chi connectivity index (χ1) is 13.2. The maximum absolute atomic E-state index is 12.8. The summed E-state index contributed by atoms with van der Waals surface area (Å²) in [5.74, 6) is -0.282. The molecule has 1 amide bonds. The van der Waals surface area contributed by atoms with E-state index in [0.717, 1.165) is 25.1 Å². The van der Waals surface area contributed by atoms with Crippen LogP contribution in [0.25, 0.3) is 22.2 Å². The molecule has 5 nitrogen and oxygen atoms in total. The van der Waals surface area contributed by atoms with E-state index >= 15 is 0 Å². The van der Waals surface area contributed by atoms with Crippen LogP contribution in [0.1, 0.15) is 15.2 Å². The van der Waals surface area contributed by atoms with Gasteiger partial charge < -0.3 is 0 Å². The monoisotopic (exact) mass is 436 g/mol. The number of benzene rings is 1. The quantitative estimate of drug-likeness (QED) is 0.365. The van der Waals surface area contributed by atoms with E-state index in [9.17, 15) is 4.79 Å². The Morgan fingerprint density at radius 1 is 1.11 bits per heavy atom. The number of halogens is 1. The zero-order chi connectivity index (χ0) is 18.6. The zero-order valence-corrected chi connectivity index (χ0v) is 16.4. The molecule has 4 rings (SSSR count). The van der Waals surface area contributed by atoms with Crippen molar-refractivity contribution in [3.05, 3.63) is 81.2 Å². The standard InChI is InChI=1S/C20H13BrN4OS/c21-19-6-5-14(27-19)12-23-25-20(26)16-11-18(13-7-9-22-10-8-13)24-17-4-2-1-3-15(16)17/h1-12H,(H,25,26). The van der Waals surface area contributed by atoms with Gasteiger partial charge in [-0.2, -0.15) is 5.10 Å². The summed E-state index contributed by atoms with van der Waals surface area (Å²) in [5, 5.41) is 4.85. The van der Waals surface area contributed by atoms with Crippen molar-refractivity contribution in [2.45, 2.75) is 0 Å². The normalized spacial score (nSPS) is 11.1. The van der Waals surface area contributed by atoms with Gasteiger partial charge >= 0.3 is 0 Å². The van der Waals surface area contributed by atoms with E-state index in [0.29, 0.717) is 11.3 Å². The fourth-order valence-corrected chi connectivity index (χ4v) is 3.94. The SMILES string of the molecule is O=C(NN=Cc1ccc(Br)s1)c1cc(-c2ccncc2)nc2ccccc12. The number of nitrogens with one attached hydrogen (secondary N) is 1. The first-order valence-corrected chi connectivity index (χ1v) is 9.70. The van der Waals surface area contributed by atoms with Crippen molar-refractivity contribution in [2.75, 3.05) is 0 Å². The number of rotatable bonds is 4. The minimum absolute atomic E-state index is 0.282. The van der Waals surface area contributed by atoms with Crippen molar-refractivity contribution in [2.24, 2.45) is 5.10 Å². The van der Waals surface area contributed by atoms with Crippen LogP contribution in [-0.4, -0.2) is 22.1 Å². The first-order valence-electron chi connectivity index (χ1n) is 8.09. The third-order valence-electron chi connectivity index (χ3n) is 3.89. The van der Waals surface area contributed by atoms with E-state index in [1.165, 1.54) is 11.3 Å². The third kappa shape index (κ3) is 3.94. The Morgan fingerprint density at radius 2 is 1.93 bits per heavy atom. The topological polar surface area (TPSA) is 67.2 Å². The maximum atomic E-state index is 12.8. The Bertz CT molecular complexity index is 1140. The Hall–Kier alpha value is -2.90. The molecule has 0 atom stereocenters. The number of carbonyl (C=O) groups is 1. The molecule has 7 heteroatoms. The zero-order valence-electron chi connectivity index (χ0n) is 14.0. The summed E-state index contributed by atoms with van der Waals surface area (Å²) in [7, 11) is 0. The molecule has 0 aliphatic carbocycles. The number of para-hydroxylation sites is 1. The molecule has 0 fully saturated rings. The van der Waals surface area contributed by atoms with E-state index < -0.39 is 0 Å². The lowest BCUT2D eigenvalue weighted by molar-refractivity contribution is 0.0957. The number of carbonyl (C=O) groups excluding carboxylic acids is 1. The molecule has 27 heavy (non-hydrogen) atoms. The van der Waals surface area contributed by atoms with Gasteiger partial charge in [0.2, 0.25) is 0 Å². The van der Waals surface area contributed by atoms with Gasteiger partial charge in [-0.25, -0.2) is 10.4 Å². The van der Waals surface area contributed by atoms with E-state index in [2.05, 4.69) is 36.4 Å². The van der Waals surface area contributed by atoms with Gasteiger partial charge in [0.1, 0.15) is 0 Å². The lowest BCUT2D eigenvalue weighted by atomic mass is 10.0. The van der Waals surface area contributed by atoms with Crippen LogP contribution in [0.5, 0.6) is 0 Å². The van der Waals surface area contributed by atoms with Crippen LogP contribution in [-0.2, 0) is 0 Å². The predicted molar refractivity (Wildman–Crippen MR) is 112 cm³/mol. The van der Waals surface area contributed by atoms with Crippen LogP contribution in [0.2, 0.25) is 0 Å². The highest BCUT2D eigenvalue weighted by Crippen LogP contribution is 2.24. The average molecular weight is 437 g/mol. The lowest BCUT2D eigenvalue weighted by Gasteiger charge is -2.08. The molecule has 0 radical (unpaired) electrons. The van der Waals surface area contributed by atoms with Crippen LogP contribution in [0.4, 0.5) is 0 Å². The molecule has 1 aromatic carbocycles. The molecule has 132 valence electrons. The summed E-state index contributed by atoms with van der Waals surface area (Å²) in [4.78, 5) is 22.4. The van der Waals surface area contributed by atoms with E-state index in [4.69, 9.17) is 0 Å². The van der Waals surface area contributed by atoms with Crippen LogP contribution in [0.3, 0.4) is 0 Å². The number of pyridine rings is 2. The Morgan fingerprint density at radius 3 is 2.70 bits per heavy atom. The highest BCUT2D eigenvalue weighted by molar-refractivity contribution is 9.11. The van der Waals surface area contributed by atoms with E-state index in [1.807, 2.05) is 48.5 Å². The van der Waals surface area contributed by atoms with Crippen LogP contribution in [0.15, 0.2) is 75.9 Å². The number of nitrogens with zero attached hydrogens (tertiary/aromatic N) is 3. The summed E-state index contributed by atoms with van der Waals surface area (Å²) in [6, 6.07) is 16.9. The van der Waals surface area contributed by atoms with E-state index in [-0.39, 0.29) is 5.91 Å². The van der Waals surface area contributed by atoms with E-state index in [1.54, 1.807) is 24.7 Å². The molecular weight excluding hydrogens is 424 g/mol. The molecule has 1 N–H and O–H groups in total. The minimum atomic E-state index is -0.282. The van der Waals surface area contributed by atoms with Gasteiger partial charge in [-0.05, 0) is 52.3 Å². The lowest BCUT2D eigenvalue weighted by Crippen LogP contribution is -2.18. The van der Waals surface area contributed by atoms with Gasteiger partial charge in [0.15, 0.2) is 0 Å². The maximum Gasteiger partial charge on any atom is 0.272 e. The van der Waals surface area contributed by atoms with Gasteiger partial charge in [-0.1, -0.05) is 18.2 Å². The third-order valence-corrected chi connectivity index (χ3v) is 5.45. The van der Waals surface area contributed by atoms with Crippen molar-refractivity contribution < 1.29 is 4.79 Å². The molecule has 0 saturated carbocycles. The largest absolute Gasteiger partial charge is 0.272 e. The second-order valence-electron chi connectivity index (χ2n) is 5.65. The molecule has 0 aliphatic heterocycles. The molecule has 3 heterocycles. The molecule has 0 bridgehead atoms. The molecule has 3 aromatic heterocycles. The molecule has 4 aromatic rings. The van der Waals surface area contributed by atoms with Gasteiger partial charge in [0.25, 0.3) is 5.91 Å². The smallest absolute Gasteiger partial charge is 0.267 e. The molecule has 0 aliphatic rings. The second-order valence-corrected chi connectivity index (χ2v) is 8.14. The Labute approximate surface area is 167 Å². The second kappa shape index (κ2) is 7.77. The molecule has 0 unspecified atom stereocenters. The summed E-state index contributed by atoms with van der Waals surface area (Å²) < 4.78 is 1.01. The van der Waals surface area contributed by atoms with Gasteiger partial charge in [0.05, 0.1) is 26.8 Å². The van der Waals surface area contributed by atoms with Crippen LogP contribution >= 0.6 is 27.3 Å². The summed E-state index contributed by atoms with van der Waals surface area (Å²) in [5.41, 5.74) is 5.50. The van der Waals surface area contributed by atoms with Gasteiger partial charge in [0, 0.05) is 28.2 Å². The molecule has 0 spiro atoms. The van der Waals surface area contributed by atoms with Crippen molar-refractivity contribution in [1.29, 1.82) is 0 Å². The highest BCUT2D eigenvalue weighted by Gasteiger charge is 2.13. The number of hydrogen-bond donors (Lipinski definition) is 1. The van der Waals surface area contributed by atoms with Crippen molar-refractivity contribution >= 4 is 50.3 Å². The summed E-state index contributed by atoms with van der Waals surface area (Å²) in [6.07, 6.45) is 5.03. The number of hydrazone groups is 1. The number of fused-ring (bicyclic) bond motifs is 1. The first kappa shape index (κ1) is 17.5. The van der Waals surface area contributed by atoms with Gasteiger partial charge in [-0.3, -0.25) is 9.78 Å². The minimum Gasteiger partial charge on any atom is -0.267 e. The number of hydrogen-bond acceptors (Lipinski definition) is 5. The summed E-state index contributed by atoms with van der Waals surface area (Å²) in [6.45, 7) is 0. The Balaban J connectivity index is 1.69.